The van der Waals surface area contributed by atoms with Gasteiger partial charge < -0.3 is 5.11 Å². The average Bonchev–Trinajstić information content (AvgIpc) is 2.85. The first kappa shape index (κ1) is 16.4. The van der Waals surface area contributed by atoms with E-state index in [1.807, 2.05) is 0 Å². The number of hydrogen-bond donors (Lipinski definition) is 2. The predicted octanol–water partition coefficient (Wildman–Crippen LogP) is 3.07. The molecule has 4 nitrogen and oxygen atoms in total. The largest absolute Gasteiger partial charge is 0.416 e. The standard InChI is InChI=1S/C14H13F3N2O2S/c1-8(20)12(21)19-13-18-7-11(22-13)6-9-3-2-4-10(5-9)14(15,16)17/h2-5,7-8,20H,6H2,1H3,(H,18,19,21). The van der Waals surface area contributed by atoms with Gasteiger partial charge in [-0.1, -0.05) is 18.2 Å². The number of nitrogens with zero attached hydrogens (tertiary/aromatic N) is 1. The highest BCUT2D eigenvalue weighted by molar-refractivity contribution is 7.15. The molecular weight excluding hydrogens is 317 g/mol. The Labute approximate surface area is 128 Å². The Balaban J connectivity index is 2.09. The summed E-state index contributed by atoms with van der Waals surface area (Å²) >= 11 is 1.15. The molecule has 1 aromatic heterocycles. The number of alkyl halides is 3. The fourth-order valence-electron chi connectivity index (χ4n) is 1.72. The Bertz CT molecular complexity index is 668. The van der Waals surface area contributed by atoms with Crippen molar-refractivity contribution < 1.29 is 23.1 Å². The second-order valence-corrected chi connectivity index (χ2v) is 5.79. The first-order valence-corrected chi connectivity index (χ1v) is 7.17. The maximum atomic E-state index is 12.6. The maximum Gasteiger partial charge on any atom is 0.416 e. The van der Waals surface area contributed by atoms with Crippen LogP contribution in [-0.4, -0.2) is 22.1 Å². The van der Waals surface area contributed by atoms with Crippen LogP contribution in [0.5, 0.6) is 0 Å². The number of aliphatic hydroxyl groups is 1. The monoisotopic (exact) mass is 330 g/mol. The topological polar surface area (TPSA) is 62.2 Å². The highest BCUT2D eigenvalue weighted by atomic mass is 32.1. The van der Waals surface area contributed by atoms with Crippen LogP contribution in [0.15, 0.2) is 30.5 Å². The number of thiazole rings is 1. The molecule has 0 saturated heterocycles. The maximum absolute atomic E-state index is 12.6. The molecule has 0 aliphatic rings. The van der Waals surface area contributed by atoms with Gasteiger partial charge in [0.15, 0.2) is 5.13 Å². The molecule has 1 aromatic carbocycles. The Kier molecular flexibility index (Phi) is 4.82. The zero-order chi connectivity index (χ0) is 16.3. The Hall–Kier alpha value is -1.93. The minimum absolute atomic E-state index is 0.284. The van der Waals surface area contributed by atoms with Crippen LogP contribution in [0.2, 0.25) is 0 Å². The minimum Gasteiger partial charge on any atom is -0.384 e. The number of rotatable bonds is 4. The van der Waals surface area contributed by atoms with E-state index in [4.69, 9.17) is 5.11 Å². The molecule has 0 saturated carbocycles. The summed E-state index contributed by atoms with van der Waals surface area (Å²) < 4.78 is 37.9. The van der Waals surface area contributed by atoms with Crippen LogP contribution in [0.25, 0.3) is 0 Å². The molecule has 0 bridgehead atoms. The van der Waals surface area contributed by atoms with Crippen LogP contribution in [0, 0.1) is 0 Å². The Morgan fingerprint density at radius 2 is 2.18 bits per heavy atom. The molecule has 22 heavy (non-hydrogen) atoms. The summed E-state index contributed by atoms with van der Waals surface area (Å²) in [5, 5.41) is 11.8. The summed E-state index contributed by atoms with van der Waals surface area (Å²) in [5.41, 5.74) is -0.191. The van der Waals surface area contributed by atoms with E-state index in [1.165, 1.54) is 19.2 Å². The van der Waals surface area contributed by atoms with Crippen LogP contribution < -0.4 is 5.32 Å². The number of aliphatic hydroxyl groups excluding tert-OH is 1. The van der Waals surface area contributed by atoms with Crippen LogP contribution in [0.1, 0.15) is 22.9 Å². The van der Waals surface area contributed by atoms with Crippen LogP contribution in [-0.2, 0) is 17.4 Å². The molecule has 1 amide bonds. The molecule has 0 fully saturated rings. The smallest absolute Gasteiger partial charge is 0.384 e. The van der Waals surface area contributed by atoms with Crippen molar-refractivity contribution in [2.24, 2.45) is 0 Å². The number of carbonyl (C=O) groups is 1. The summed E-state index contributed by atoms with van der Waals surface area (Å²) in [5.74, 6) is -0.583. The van der Waals surface area contributed by atoms with Crippen molar-refractivity contribution in [1.82, 2.24) is 4.98 Å². The van der Waals surface area contributed by atoms with E-state index in [1.54, 1.807) is 6.07 Å². The van der Waals surface area contributed by atoms with Gasteiger partial charge in [-0.3, -0.25) is 10.1 Å². The fourth-order valence-corrected chi connectivity index (χ4v) is 2.57. The zero-order valence-electron chi connectivity index (χ0n) is 11.5. The molecule has 0 aliphatic carbocycles. The first-order chi connectivity index (χ1) is 10.3. The highest BCUT2D eigenvalue weighted by Crippen LogP contribution is 2.30. The number of halogens is 3. The van der Waals surface area contributed by atoms with Gasteiger partial charge in [-0.25, -0.2) is 4.98 Å². The molecule has 0 aliphatic heterocycles. The van der Waals surface area contributed by atoms with E-state index in [0.29, 0.717) is 15.6 Å². The lowest BCUT2D eigenvalue weighted by Gasteiger charge is -2.07. The lowest BCUT2D eigenvalue weighted by molar-refractivity contribution is -0.137. The van der Waals surface area contributed by atoms with Gasteiger partial charge in [0.2, 0.25) is 0 Å². The molecule has 2 N–H and O–H groups in total. The van der Waals surface area contributed by atoms with Crippen molar-refractivity contribution in [3.63, 3.8) is 0 Å². The number of hydrogen-bond acceptors (Lipinski definition) is 4. The number of anilines is 1. The van der Waals surface area contributed by atoms with E-state index in [9.17, 15) is 18.0 Å². The van der Waals surface area contributed by atoms with E-state index in [-0.39, 0.29) is 6.42 Å². The molecular formula is C14H13F3N2O2S. The van der Waals surface area contributed by atoms with E-state index >= 15 is 0 Å². The number of nitrogens with one attached hydrogen (secondary N) is 1. The highest BCUT2D eigenvalue weighted by Gasteiger charge is 2.30. The number of amides is 1. The second-order valence-electron chi connectivity index (χ2n) is 4.67. The summed E-state index contributed by atoms with van der Waals surface area (Å²) in [6.07, 6.45) is -3.76. The molecule has 0 radical (unpaired) electrons. The third kappa shape index (κ3) is 4.28. The van der Waals surface area contributed by atoms with Crippen molar-refractivity contribution >= 4 is 22.4 Å². The molecule has 1 atom stereocenters. The third-order valence-corrected chi connectivity index (χ3v) is 3.71. The van der Waals surface area contributed by atoms with Gasteiger partial charge >= 0.3 is 6.18 Å². The molecule has 1 unspecified atom stereocenters. The van der Waals surface area contributed by atoms with Crippen LogP contribution in [0.4, 0.5) is 18.3 Å². The summed E-state index contributed by atoms with van der Waals surface area (Å²) in [6.45, 7) is 1.33. The molecule has 0 spiro atoms. The Morgan fingerprint density at radius 1 is 1.45 bits per heavy atom. The van der Waals surface area contributed by atoms with Gasteiger partial charge in [-0.05, 0) is 18.6 Å². The SMILES string of the molecule is CC(O)C(=O)Nc1ncc(Cc2cccc(C(F)(F)F)c2)s1. The molecule has 2 aromatic rings. The van der Waals surface area contributed by atoms with Crippen LogP contribution >= 0.6 is 11.3 Å². The van der Waals surface area contributed by atoms with Crippen molar-refractivity contribution in [1.29, 1.82) is 0 Å². The summed E-state index contributed by atoms with van der Waals surface area (Å²) in [7, 11) is 0. The van der Waals surface area contributed by atoms with Crippen molar-refractivity contribution in [2.45, 2.75) is 25.6 Å². The summed E-state index contributed by atoms with van der Waals surface area (Å²) in [4.78, 5) is 16.0. The lowest BCUT2D eigenvalue weighted by atomic mass is 10.1. The van der Waals surface area contributed by atoms with Crippen molar-refractivity contribution in [3.8, 4) is 0 Å². The third-order valence-electron chi connectivity index (χ3n) is 2.80. The van der Waals surface area contributed by atoms with Gasteiger partial charge in [0.1, 0.15) is 6.10 Å². The van der Waals surface area contributed by atoms with E-state index in [0.717, 1.165) is 23.5 Å². The van der Waals surface area contributed by atoms with Gasteiger partial charge in [-0.2, -0.15) is 13.2 Å². The van der Waals surface area contributed by atoms with E-state index in [2.05, 4.69) is 10.3 Å². The fraction of sp³-hybridized carbons (Fsp3) is 0.286. The first-order valence-electron chi connectivity index (χ1n) is 6.35. The number of aromatic nitrogens is 1. The lowest BCUT2D eigenvalue weighted by Crippen LogP contribution is -2.24. The minimum atomic E-state index is -4.37. The Morgan fingerprint density at radius 3 is 2.82 bits per heavy atom. The quantitative estimate of drug-likeness (QED) is 0.906. The molecule has 8 heteroatoms. The molecule has 2 rings (SSSR count). The van der Waals surface area contributed by atoms with Crippen molar-refractivity contribution in [2.75, 3.05) is 5.32 Å². The van der Waals surface area contributed by atoms with Gasteiger partial charge in [0.25, 0.3) is 5.91 Å². The predicted molar refractivity (Wildman–Crippen MR) is 76.7 cm³/mol. The van der Waals surface area contributed by atoms with E-state index < -0.39 is 23.8 Å². The van der Waals surface area contributed by atoms with Gasteiger partial charge in [0, 0.05) is 17.5 Å². The number of carbonyl (C=O) groups excluding carboxylic acids is 1. The van der Waals surface area contributed by atoms with Crippen molar-refractivity contribution in [3.05, 3.63) is 46.5 Å². The molecule has 1 heterocycles. The van der Waals surface area contributed by atoms with Crippen LogP contribution in [0.3, 0.4) is 0 Å². The normalized spacial score (nSPS) is 13.0. The average molecular weight is 330 g/mol. The molecule has 118 valence electrons. The second kappa shape index (κ2) is 6.45. The van der Waals surface area contributed by atoms with Gasteiger partial charge in [-0.15, -0.1) is 11.3 Å². The number of benzene rings is 1. The summed E-state index contributed by atoms with van der Waals surface area (Å²) in [6, 6.07) is 5.07. The van der Waals surface area contributed by atoms with Gasteiger partial charge in [0.05, 0.1) is 5.56 Å². The zero-order valence-corrected chi connectivity index (χ0v) is 12.3.